The van der Waals surface area contributed by atoms with Gasteiger partial charge in [-0.15, -0.1) is 0 Å². The number of hydrogen-bond donors (Lipinski definition) is 0. The summed E-state index contributed by atoms with van der Waals surface area (Å²) in [4.78, 5) is 15.0. The third-order valence-electron chi connectivity index (χ3n) is 1.39. The lowest BCUT2D eigenvalue weighted by Crippen LogP contribution is -2.00. The van der Waals surface area contributed by atoms with Crippen molar-refractivity contribution in [2.75, 3.05) is 12.4 Å². The summed E-state index contributed by atoms with van der Waals surface area (Å²) in [6.45, 7) is 0. The molecule has 1 heterocycles. The summed E-state index contributed by atoms with van der Waals surface area (Å²) in [5.41, 5.74) is 0.610. The molecular formula is C8H8BrNO2. The Morgan fingerprint density at radius 2 is 2.50 bits per heavy atom. The fourth-order valence-corrected chi connectivity index (χ4v) is 1.10. The van der Waals surface area contributed by atoms with Gasteiger partial charge >= 0.3 is 0 Å². The van der Waals surface area contributed by atoms with Crippen LogP contribution in [0.15, 0.2) is 18.3 Å². The van der Waals surface area contributed by atoms with Crippen molar-refractivity contribution in [1.82, 2.24) is 4.98 Å². The zero-order valence-electron chi connectivity index (χ0n) is 6.58. The topological polar surface area (TPSA) is 39.2 Å². The van der Waals surface area contributed by atoms with Crippen molar-refractivity contribution in [3.8, 4) is 5.88 Å². The van der Waals surface area contributed by atoms with Gasteiger partial charge in [-0.1, -0.05) is 15.9 Å². The molecule has 0 aliphatic heterocycles. The number of alkyl halides is 1. The normalized spacial score (nSPS) is 9.50. The highest BCUT2D eigenvalue weighted by atomic mass is 79.9. The molecule has 0 amide bonds. The van der Waals surface area contributed by atoms with Gasteiger partial charge in [0.15, 0.2) is 5.78 Å². The van der Waals surface area contributed by atoms with E-state index >= 15 is 0 Å². The van der Waals surface area contributed by atoms with E-state index in [4.69, 9.17) is 4.74 Å². The number of pyridine rings is 1. The number of methoxy groups -OCH3 is 1. The van der Waals surface area contributed by atoms with Gasteiger partial charge < -0.3 is 4.74 Å². The van der Waals surface area contributed by atoms with Crippen molar-refractivity contribution in [1.29, 1.82) is 0 Å². The van der Waals surface area contributed by atoms with Crippen LogP contribution >= 0.6 is 15.9 Å². The number of carbonyl (C=O) groups excluding carboxylic acids is 1. The molecule has 0 saturated carbocycles. The molecule has 0 bridgehead atoms. The first-order valence-electron chi connectivity index (χ1n) is 3.37. The van der Waals surface area contributed by atoms with Gasteiger partial charge in [0.05, 0.1) is 12.4 Å². The zero-order chi connectivity index (χ0) is 8.97. The van der Waals surface area contributed by atoms with Crippen LogP contribution in [0.3, 0.4) is 0 Å². The summed E-state index contributed by atoms with van der Waals surface area (Å²) in [7, 11) is 1.52. The Kier molecular flexibility index (Phi) is 3.22. The van der Waals surface area contributed by atoms with Crippen LogP contribution in [-0.4, -0.2) is 23.2 Å². The Balaban J connectivity index is 2.93. The first kappa shape index (κ1) is 9.19. The standard InChI is InChI=1S/C8H8BrNO2/c1-12-8-4-6(2-3-10-8)7(11)5-9/h2-4H,5H2,1H3. The zero-order valence-corrected chi connectivity index (χ0v) is 8.17. The molecule has 0 aliphatic carbocycles. The van der Waals surface area contributed by atoms with Gasteiger partial charge in [0.2, 0.25) is 5.88 Å². The molecule has 0 atom stereocenters. The molecule has 0 aromatic carbocycles. The molecule has 0 spiro atoms. The summed E-state index contributed by atoms with van der Waals surface area (Å²) in [5.74, 6) is 0.484. The summed E-state index contributed by atoms with van der Waals surface area (Å²) in [5, 5.41) is 0.320. The van der Waals surface area contributed by atoms with Crippen LogP contribution in [0.2, 0.25) is 0 Å². The molecular weight excluding hydrogens is 222 g/mol. The van der Waals surface area contributed by atoms with E-state index in [0.717, 1.165) is 0 Å². The fraction of sp³-hybridized carbons (Fsp3) is 0.250. The highest BCUT2D eigenvalue weighted by Crippen LogP contribution is 2.09. The van der Waals surface area contributed by atoms with E-state index in [1.54, 1.807) is 18.3 Å². The predicted molar refractivity (Wildman–Crippen MR) is 48.9 cm³/mol. The molecule has 0 aliphatic rings. The molecule has 1 rings (SSSR count). The Labute approximate surface area is 78.9 Å². The first-order chi connectivity index (χ1) is 5.77. The SMILES string of the molecule is COc1cc(C(=O)CBr)ccn1. The van der Waals surface area contributed by atoms with E-state index in [9.17, 15) is 4.79 Å². The van der Waals surface area contributed by atoms with Gasteiger partial charge in [0.1, 0.15) is 0 Å². The molecule has 4 heteroatoms. The Morgan fingerprint density at radius 1 is 1.75 bits per heavy atom. The number of aromatic nitrogens is 1. The number of Topliss-reactive ketones (excluding diaryl/α,β-unsaturated/α-hetero) is 1. The lowest BCUT2D eigenvalue weighted by molar-refractivity contribution is 0.102. The Bertz CT molecular complexity index is 288. The van der Waals surface area contributed by atoms with Gasteiger partial charge in [-0.3, -0.25) is 4.79 Å². The van der Waals surface area contributed by atoms with Crippen molar-refractivity contribution in [3.05, 3.63) is 23.9 Å². The van der Waals surface area contributed by atoms with Crippen LogP contribution in [0, 0.1) is 0 Å². The average molecular weight is 230 g/mol. The highest BCUT2D eigenvalue weighted by Gasteiger charge is 2.04. The van der Waals surface area contributed by atoms with E-state index < -0.39 is 0 Å². The summed E-state index contributed by atoms with van der Waals surface area (Å²) < 4.78 is 4.87. The van der Waals surface area contributed by atoms with Crippen molar-refractivity contribution >= 4 is 21.7 Å². The maximum absolute atomic E-state index is 11.2. The van der Waals surface area contributed by atoms with E-state index in [-0.39, 0.29) is 5.78 Å². The fourth-order valence-electron chi connectivity index (χ4n) is 0.772. The largest absolute Gasteiger partial charge is 0.481 e. The van der Waals surface area contributed by atoms with Crippen LogP contribution in [0.1, 0.15) is 10.4 Å². The minimum Gasteiger partial charge on any atom is -0.481 e. The molecule has 64 valence electrons. The third kappa shape index (κ3) is 2.04. The summed E-state index contributed by atoms with van der Waals surface area (Å²) in [6.07, 6.45) is 1.55. The highest BCUT2D eigenvalue weighted by molar-refractivity contribution is 9.09. The van der Waals surface area contributed by atoms with Crippen molar-refractivity contribution < 1.29 is 9.53 Å². The molecule has 1 aromatic heterocycles. The predicted octanol–water partition coefficient (Wildman–Crippen LogP) is 1.67. The minimum absolute atomic E-state index is 0.0238. The van der Waals surface area contributed by atoms with Gasteiger partial charge in [0, 0.05) is 17.8 Å². The number of halogens is 1. The van der Waals surface area contributed by atoms with E-state index in [2.05, 4.69) is 20.9 Å². The molecule has 0 unspecified atom stereocenters. The smallest absolute Gasteiger partial charge is 0.213 e. The molecule has 0 fully saturated rings. The van der Waals surface area contributed by atoms with E-state index in [1.807, 2.05) is 0 Å². The second kappa shape index (κ2) is 4.21. The minimum atomic E-state index is 0.0238. The number of hydrogen-bond acceptors (Lipinski definition) is 3. The summed E-state index contributed by atoms with van der Waals surface area (Å²) in [6, 6.07) is 3.27. The quantitative estimate of drug-likeness (QED) is 0.585. The van der Waals surface area contributed by atoms with Crippen LogP contribution in [-0.2, 0) is 0 Å². The summed E-state index contributed by atoms with van der Waals surface area (Å²) >= 11 is 3.09. The third-order valence-corrected chi connectivity index (χ3v) is 1.90. The van der Waals surface area contributed by atoms with E-state index in [0.29, 0.717) is 16.8 Å². The van der Waals surface area contributed by atoms with Gasteiger partial charge in [-0.05, 0) is 6.07 Å². The number of carbonyl (C=O) groups is 1. The lowest BCUT2D eigenvalue weighted by Gasteiger charge is -1.99. The molecule has 0 N–H and O–H groups in total. The van der Waals surface area contributed by atoms with Gasteiger partial charge in [0.25, 0.3) is 0 Å². The second-order valence-electron chi connectivity index (χ2n) is 2.14. The van der Waals surface area contributed by atoms with Crippen LogP contribution < -0.4 is 4.74 Å². The van der Waals surface area contributed by atoms with Gasteiger partial charge in [-0.25, -0.2) is 4.98 Å². The number of rotatable bonds is 3. The molecule has 12 heavy (non-hydrogen) atoms. The maximum Gasteiger partial charge on any atom is 0.213 e. The molecule has 3 nitrogen and oxygen atoms in total. The monoisotopic (exact) mass is 229 g/mol. The van der Waals surface area contributed by atoms with Crippen molar-refractivity contribution in [3.63, 3.8) is 0 Å². The van der Waals surface area contributed by atoms with Gasteiger partial charge in [-0.2, -0.15) is 0 Å². The first-order valence-corrected chi connectivity index (χ1v) is 4.49. The Morgan fingerprint density at radius 3 is 3.08 bits per heavy atom. The maximum atomic E-state index is 11.2. The van der Waals surface area contributed by atoms with Crippen molar-refractivity contribution in [2.24, 2.45) is 0 Å². The Hall–Kier alpha value is -0.900. The number of nitrogens with zero attached hydrogens (tertiary/aromatic N) is 1. The molecule has 0 saturated heterocycles. The second-order valence-corrected chi connectivity index (χ2v) is 2.70. The van der Waals surface area contributed by atoms with E-state index in [1.165, 1.54) is 7.11 Å². The van der Waals surface area contributed by atoms with Crippen LogP contribution in [0.5, 0.6) is 5.88 Å². The van der Waals surface area contributed by atoms with Crippen LogP contribution in [0.25, 0.3) is 0 Å². The lowest BCUT2D eigenvalue weighted by atomic mass is 10.2. The average Bonchev–Trinajstić information content (AvgIpc) is 2.17. The van der Waals surface area contributed by atoms with Crippen molar-refractivity contribution in [2.45, 2.75) is 0 Å². The number of ketones is 1. The number of ether oxygens (including phenoxy) is 1. The molecule has 0 radical (unpaired) electrons. The van der Waals surface area contributed by atoms with Crippen LogP contribution in [0.4, 0.5) is 0 Å². The molecule has 1 aromatic rings.